The molecular weight excluding hydrogens is 496 g/mol. The summed E-state index contributed by atoms with van der Waals surface area (Å²) in [4.78, 5) is 42.7. The van der Waals surface area contributed by atoms with Crippen molar-refractivity contribution in [3.63, 3.8) is 0 Å². The van der Waals surface area contributed by atoms with Crippen molar-refractivity contribution >= 4 is 57.4 Å². The van der Waals surface area contributed by atoms with E-state index in [-0.39, 0.29) is 41.4 Å². The summed E-state index contributed by atoms with van der Waals surface area (Å²) in [5, 5.41) is 13.4. The van der Waals surface area contributed by atoms with Crippen molar-refractivity contribution in [1.29, 1.82) is 0 Å². The first-order chi connectivity index (χ1) is 16.7. The van der Waals surface area contributed by atoms with Crippen molar-refractivity contribution in [3.05, 3.63) is 57.6 Å². The highest BCUT2D eigenvalue weighted by molar-refractivity contribution is 8.15. The van der Waals surface area contributed by atoms with Gasteiger partial charge in [-0.05, 0) is 32.0 Å². The van der Waals surface area contributed by atoms with Gasteiger partial charge in [0.15, 0.2) is 5.17 Å². The number of carbonyl (C=O) groups excluding carboxylic acids is 2. The van der Waals surface area contributed by atoms with E-state index in [1.165, 1.54) is 34.9 Å². The van der Waals surface area contributed by atoms with E-state index in [1.54, 1.807) is 19.2 Å². The fraction of sp³-hybridized carbons (Fsp3) is 0.348. The highest BCUT2D eigenvalue weighted by Gasteiger charge is 2.41. The Hall–Kier alpha value is -3.15. The molecule has 1 aliphatic heterocycles. The van der Waals surface area contributed by atoms with Crippen LogP contribution in [0, 0.1) is 10.1 Å². The molecule has 0 saturated carbocycles. The lowest BCUT2D eigenvalue weighted by atomic mass is 10.2. The van der Waals surface area contributed by atoms with Crippen LogP contribution in [0.1, 0.15) is 20.3 Å². The summed E-state index contributed by atoms with van der Waals surface area (Å²) in [6.45, 7) is 4.44. The van der Waals surface area contributed by atoms with Gasteiger partial charge < -0.3 is 14.8 Å². The number of hydrogen-bond donors (Lipinski definition) is 1. The second-order valence-corrected chi connectivity index (χ2v) is 9.16. The van der Waals surface area contributed by atoms with E-state index >= 15 is 0 Å². The molecule has 0 unspecified atom stereocenters. The number of amidine groups is 1. The smallest absolute Gasteiger partial charge is 0.271 e. The molecule has 10 nitrogen and oxygen atoms in total. The Morgan fingerprint density at radius 1 is 1.34 bits per heavy atom. The van der Waals surface area contributed by atoms with Gasteiger partial charge in [-0.2, -0.15) is 0 Å². The molecule has 1 saturated heterocycles. The first kappa shape index (κ1) is 26.5. The van der Waals surface area contributed by atoms with Gasteiger partial charge in [0.25, 0.3) is 5.69 Å². The summed E-state index contributed by atoms with van der Waals surface area (Å²) in [5.41, 5.74) is 0.455. The summed E-state index contributed by atoms with van der Waals surface area (Å²) in [6, 6.07) is 10.7. The minimum absolute atomic E-state index is 0.102. The molecule has 2 aromatic carbocycles. The lowest BCUT2D eigenvalue weighted by molar-refractivity contribution is -0.384. The van der Waals surface area contributed by atoms with Crippen LogP contribution < -0.4 is 10.1 Å². The van der Waals surface area contributed by atoms with E-state index < -0.39 is 16.1 Å². The number of aliphatic imine (C=N–C) groups is 1. The van der Waals surface area contributed by atoms with Crippen molar-refractivity contribution in [2.24, 2.45) is 4.99 Å². The number of halogens is 1. The lowest BCUT2D eigenvalue weighted by Gasteiger charge is -2.23. The molecule has 0 spiro atoms. The van der Waals surface area contributed by atoms with Crippen LogP contribution in [0.2, 0.25) is 5.02 Å². The predicted molar refractivity (Wildman–Crippen MR) is 136 cm³/mol. The molecule has 0 aliphatic carbocycles. The van der Waals surface area contributed by atoms with Crippen molar-refractivity contribution in [3.8, 4) is 5.75 Å². The summed E-state index contributed by atoms with van der Waals surface area (Å²) in [5.74, 6) is -0.211. The number of methoxy groups -OCH3 is 1. The molecule has 1 heterocycles. The Morgan fingerprint density at radius 2 is 2.09 bits per heavy atom. The first-order valence-corrected chi connectivity index (χ1v) is 12.0. The van der Waals surface area contributed by atoms with Crippen LogP contribution in [-0.4, -0.2) is 58.4 Å². The monoisotopic (exact) mass is 520 g/mol. The molecule has 2 aromatic rings. The molecule has 0 radical (unpaired) electrons. The van der Waals surface area contributed by atoms with Gasteiger partial charge in [0.2, 0.25) is 11.8 Å². The van der Waals surface area contributed by atoms with Crippen LogP contribution in [0.5, 0.6) is 5.75 Å². The molecule has 1 N–H and O–H groups in total. The van der Waals surface area contributed by atoms with Gasteiger partial charge in [-0.25, -0.2) is 4.99 Å². The van der Waals surface area contributed by atoms with Crippen molar-refractivity contribution < 1.29 is 24.0 Å². The molecule has 0 aromatic heterocycles. The van der Waals surface area contributed by atoms with Crippen molar-refractivity contribution in [2.75, 3.05) is 25.6 Å². The topological polar surface area (TPSA) is 123 Å². The van der Waals surface area contributed by atoms with Crippen molar-refractivity contribution in [1.82, 2.24) is 4.90 Å². The van der Waals surface area contributed by atoms with Gasteiger partial charge in [-0.3, -0.25) is 24.6 Å². The minimum Gasteiger partial charge on any atom is -0.492 e. The van der Waals surface area contributed by atoms with Crippen LogP contribution in [-0.2, 0) is 14.3 Å². The second kappa shape index (κ2) is 12.0. The Kier molecular flexibility index (Phi) is 9.07. The number of para-hydroxylation sites is 2. The number of nitrogens with one attached hydrogen (secondary N) is 1. The van der Waals surface area contributed by atoms with Gasteiger partial charge >= 0.3 is 0 Å². The molecule has 12 heteroatoms. The number of nitrogens with zero attached hydrogens (tertiary/aromatic N) is 3. The Morgan fingerprint density at radius 3 is 2.77 bits per heavy atom. The largest absolute Gasteiger partial charge is 0.492 e. The predicted octanol–water partition coefficient (Wildman–Crippen LogP) is 4.64. The summed E-state index contributed by atoms with van der Waals surface area (Å²) in [7, 11) is 1.54. The molecule has 1 aliphatic rings. The van der Waals surface area contributed by atoms with E-state index in [4.69, 9.17) is 21.1 Å². The number of ether oxygens (including phenoxy) is 2. The third-order valence-corrected chi connectivity index (χ3v) is 6.48. The van der Waals surface area contributed by atoms with Gasteiger partial charge in [0.05, 0.1) is 34.9 Å². The molecule has 35 heavy (non-hydrogen) atoms. The number of hydrogen-bond acceptors (Lipinski definition) is 8. The molecule has 2 atom stereocenters. The average Bonchev–Trinajstić information content (AvgIpc) is 3.11. The van der Waals surface area contributed by atoms with E-state index in [0.717, 1.165) is 0 Å². The van der Waals surface area contributed by atoms with Crippen LogP contribution >= 0.6 is 23.4 Å². The second-order valence-electron chi connectivity index (χ2n) is 7.59. The zero-order valence-electron chi connectivity index (χ0n) is 19.4. The van der Waals surface area contributed by atoms with Crippen LogP contribution in [0.3, 0.4) is 0 Å². The maximum absolute atomic E-state index is 13.3. The fourth-order valence-electron chi connectivity index (χ4n) is 3.44. The maximum atomic E-state index is 13.3. The summed E-state index contributed by atoms with van der Waals surface area (Å²) >= 11 is 7.25. The number of benzene rings is 2. The molecule has 0 bridgehead atoms. The van der Waals surface area contributed by atoms with E-state index in [1.807, 2.05) is 26.0 Å². The van der Waals surface area contributed by atoms with Crippen LogP contribution in [0.15, 0.2) is 47.5 Å². The Labute approximate surface area is 211 Å². The third-order valence-electron chi connectivity index (χ3n) is 5.00. The fourth-order valence-corrected chi connectivity index (χ4v) is 4.84. The van der Waals surface area contributed by atoms with E-state index in [0.29, 0.717) is 23.2 Å². The first-order valence-electron chi connectivity index (χ1n) is 10.8. The highest BCUT2D eigenvalue weighted by atomic mass is 35.5. The molecule has 3 rings (SSSR count). The van der Waals surface area contributed by atoms with E-state index in [9.17, 15) is 19.7 Å². The van der Waals surface area contributed by atoms with Crippen molar-refractivity contribution in [2.45, 2.75) is 31.6 Å². The summed E-state index contributed by atoms with van der Waals surface area (Å²) < 4.78 is 10.9. The zero-order chi connectivity index (χ0) is 25.5. The molecule has 2 amide bonds. The number of nitro groups is 1. The third kappa shape index (κ3) is 6.50. The van der Waals surface area contributed by atoms with Gasteiger partial charge in [0, 0.05) is 25.7 Å². The Balaban J connectivity index is 1.84. The van der Waals surface area contributed by atoms with Crippen LogP contribution in [0.25, 0.3) is 0 Å². The number of carbonyl (C=O) groups is 2. The molecule has 186 valence electrons. The van der Waals surface area contributed by atoms with Crippen LogP contribution in [0.4, 0.5) is 17.1 Å². The number of amides is 2. The van der Waals surface area contributed by atoms with Gasteiger partial charge in [-0.15, -0.1) is 0 Å². The molecular formula is C23H25ClN4O6S. The minimum atomic E-state index is -0.746. The quantitative estimate of drug-likeness (QED) is 0.357. The molecule has 1 fully saturated rings. The highest BCUT2D eigenvalue weighted by Crippen LogP contribution is 2.36. The normalized spacial score (nSPS) is 17.5. The number of non-ortho nitro benzene ring substituents is 1. The maximum Gasteiger partial charge on any atom is 0.271 e. The Bertz CT molecular complexity index is 1140. The number of anilines is 1. The SMILES string of the molecule is CCOc1ccccc1N=C1S[C@H](CC(=O)Nc2cc([N+](=O)[O-])ccc2Cl)C(=O)N1[C@H](C)COC. The van der Waals surface area contributed by atoms with Gasteiger partial charge in [0.1, 0.15) is 16.7 Å². The number of nitro benzene ring substituents is 1. The summed E-state index contributed by atoms with van der Waals surface area (Å²) in [6.07, 6.45) is -0.176. The number of rotatable bonds is 10. The lowest BCUT2D eigenvalue weighted by Crippen LogP contribution is -2.42. The number of thioether (sulfide) groups is 1. The van der Waals surface area contributed by atoms with Gasteiger partial charge in [-0.1, -0.05) is 35.5 Å². The van der Waals surface area contributed by atoms with E-state index in [2.05, 4.69) is 10.3 Å². The average molecular weight is 521 g/mol. The zero-order valence-corrected chi connectivity index (χ0v) is 21.0. The standard InChI is InChI=1S/C23H25ClN4O6S/c1-4-34-19-8-6-5-7-17(19)26-23-27(14(2)13-33-3)22(30)20(35-23)12-21(29)25-18-11-15(28(31)32)9-10-16(18)24/h5-11,14,20H,4,12-13H2,1-3H3,(H,25,29)/t14-,20-/m1/s1.